The van der Waals surface area contributed by atoms with Gasteiger partial charge in [-0.2, -0.15) is 5.10 Å². The van der Waals surface area contributed by atoms with E-state index in [1.54, 1.807) is 24.3 Å². The molecule has 1 amide bonds. The fourth-order valence-electron chi connectivity index (χ4n) is 3.06. The minimum atomic E-state index is -3.18. The number of carbonyl (C=O) groups excluding carboxylic acids is 3. The molecule has 0 unspecified atom stereocenters. The van der Waals surface area contributed by atoms with Crippen LogP contribution in [0.1, 0.15) is 35.2 Å². The lowest BCUT2D eigenvalue weighted by Gasteiger charge is -2.27. The molecule has 1 aromatic carbocycles. The minimum absolute atomic E-state index is 0.0122. The Bertz CT molecular complexity index is 922. The lowest BCUT2D eigenvalue weighted by atomic mass is 10.1. The van der Waals surface area contributed by atoms with Gasteiger partial charge in [0.2, 0.25) is 5.91 Å². The van der Waals surface area contributed by atoms with Crippen LogP contribution in [0, 0.1) is 0 Å². The first-order valence-electron chi connectivity index (χ1n) is 8.73. The van der Waals surface area contributed by atoms with Gasteiger partial charge >= 0.3 is 11.9 Å². The molecule has 1 fully saturated rings. The second kappa shape index (κ2) is 8.09. The van der Waals surface area contributed by atoms with Crippen LogP contribution in [0.3, 0.4) is 0 Å². The molecule has 28 heavy (non-hydrogen) atoms. The zero-order valence-corrected chi connectivity index (χ0v) is 16.1. The number of esters is 2. The van der Waals surface area contributed by atoms with Crippen molar-refractivity contribution in [2.24, 2.45) is 5.10 Å². The van der Waals surface area contributed by atoms with Crippen LogP contribution in [0.15, 0.2) is 29.4 Å². The molecule has 10 heteroatoms. The molecule has 1 atom stereocenters. The van der Waals surface area contributed by atoms with Crippen LogP contribution in [0.5, 0.6) is 0 Å². The topological polar surface area (TPSA) is 119 Å². The molecule has 1 aromatic rings. The molecule has 1 saturated heterocycles. The number of rotatable bonds is 5. The van der Waals surface area contributed by atoms with Gasteiger partial charge in [-0.3, -0.25) is 4.79 Å². The van der Waals surface area contributed by atoms with Gasteiger partial charge in [0, 0.05) is 12.8 Å². The average Bonchev–Trinajstić information content (AvgIpc) is 3.05. The summed E-state index contributed by atoms with van der Waals surface area (Å²) in [5.41, 5.74) is 1.15. The molecule has 2 aliphatic heterocycles. The van der Waals surface area contributed by atoms with Crippen molar-refractivity contribution >= 4 is 33.4 Å². The van der Waals surface area contributed by atoms with Gasteiger partial charge in [0.1, 0.15) is 12.3 Å². The fraction of sp³-hybridized carbons (Fsp3) is 0.444. The minimum Gasteiger partial charge on any atom is -0.465 e. The van der Waals surface area contributed by atoms with Gasteiger partial charge in [0.05, 0.1) is 30.2 Å². The fourth-order valence-corrected chi connectivity index (χ4v) is 4.75. The third-order valence-electron chi connectivity index (χ3n) is 4.59. The highest BCUT2D eigenvalue weighted by Crippen LogP contribution is 2.22. The first-order chi connectivity index (χ1) is 13.3. The van der Waals surface area contributed by atoms with Crippen LogP contribution >= 0.6 is 0 Å². The maximum absolute atomic E-state index is 12.3. The Kier molecular flexibility index (Phi) is 5.78. The van der Waals surface area contributed by atoms with Gasteiger partial charge in [0.25, 0.3) is 0 Å². The smallest absolute Gasteiger partial charge is 0.354 e. The second-order valence-electron chi connectivity index (χ2n) is 6.61. The molecule has 9 nitrogen and oxygen atoms in total. The molecule has 0 radical (unpaired) electrons. The monoisotopic (exact) mass is 408 g/mol. The Morgan fingerprint density at radius 2 is 1.89 bits per heavy atom. The summed E-state index contributed by atoms with van der Waals surface area (Å²) >= 11 is 0. The van der Waals surface area contributed by atoms with Gasteiger partial charge < -0.3 is 9.47 Å². The van der Waals surface area contributed by atoms with Gasteiger partial charge in [-0.25, -0.2) is 23.0 Å². The summed E-state index contributed by atoms with van der Waals surface area (Å²) in [5.74, 6) is -1.54. The maximum atomic E-state index is 12.3. The highest BCUT2D eigenvalue weighted by Gasteiger charge is 2.37. The molecular formula is C18H20N2O7S. The SMILES string of the molecule is COC(=O)c1ccc(COC(=O)C2=NN([C@H]3CCS(=O)(=O)C3)C(=O)CC2)cc1. The van der Waals surface area contributed by atoms with Gasteiger partial charge in [-0.05, 0) is 24.1 Å². The van der Waals surface area contributed by atoms with Crippen molar-refractivity contribution in [3.05, 3.63) is 35.4 Å². The van der Waals surface area contributed by atoms with Crippen LogP contribution in [-0.4, -0.2) is 61.6 Å². The number of hydrogen-bond donors (Lipinski definition) is 0. The van der Waals surface area contributed by atoms with Crippen LogP contribution in [0.25, 0.3) is 0 Å². The summed E-state index contributed by atoms with van der Waals surface area (Å²) < 4.78 is 33.1. The van der Waals surface area contributed by atoms with E-state index in [2.05, 4.69) is 9.84 Å². The molecule has 0 saturated carbocycles. The molecule has 0 bridgehead atoms. The van der Waals surface area contributed by atoms with E-state index in [1.165, 1.54) is 7.11 Å². The number of hydrogen-bond acceptors (Lipinski definition) is 8. The number of nitrogens with zero attached hydrogens (tertiary/aromatic N) is 2. The van der Waals surface area contributed by atoms with Crippen LogP contribution in [0.4, 0.5) is 0 Å². The van der Waals surface area contributed by atoms with E-state index in [-0.39, 0.29) is 42.6 Å². The Hall–Kier alpha value is -2.75. The lowest BCUT2D eigenvalue weighted by Crippen LogP contribution is -2.42. The molecule has 0 aliphatic carbocycles. The molecule has 2 aliphatic rings. The summed E-state index contributed by atoms with van der Waals surface area (Å²) in [5, 5.41) is 5.19. The van der Waals surface area contributed by atoms with E-state index in [1.807, 2.05) is 0 Å². The lowest BCUT2D eigenvalue weighted by molar-refractivity contribution is -0.138. The standard InChI is InChI=1S/C18H20N2O7S/c1-26-17(22)13-4-2-12(3-5-13)10-27-18(23)15-6-7-16(21)20(19-15)14-8-9-28(24,25)11-14/h2-5,14H,6-11H2,1H3/t14-/m0/s1. The Morgan fingerprint density at radius 1 is 1.18 bits per heavy atom. The van der Waals surface area contributed by atoms with Crippen LogP contribution < -0.4 is 0 Å². The number of ether oxygens (including phenoxy) is 2. The van der Waals surface area contributed by atoms with E-state index in [0.29, 0.717) is 17.5 Å². The number of benzene rings is 1. The normalized spacial score (nSPS) is 21.2. The van der Waals surface area contributed by atoms with Gasteiger partial charge in [-0.1, -0.05) is 12.1 Å². The number of sulfone groups is 1. The highest BCUT2D eigenvalue weighted by molar-refractivity contribution is 7.91. The third-order valence-corrected chi connectivity index (χ3v) is 6.34. The zero-order chi connectivity index (χ0) is 20.3. The van der Waals surface area contributed by atoms with E-state index >= 15 is 0 Å². The number of amides is 1. The second-order valence-corrected chi connectivity index (χ2v) is 8.84. The van der Waals surface area contributed by atoms with Gasteiger partial charge in [-0.15, -0.1) is 0 Å². The van der Waals surface area contributed by atoms with Crippen molar-refractivity contribution in [2.75, 3.05) is 18.6 Å². The highest BCUT2D eigenvalue weighted by atomic mass is 32.2. The molecule has 2 heterocycles. The van der Waals surface area contributed by atoms with E-state index in [9.17, 15) is 22.8 Å². The molecule has 3 rings (SSSR count). The molecule has 150 valence electrons. The largest absolute Gasteiger partial charge is 0.465 e. The van der Waals surface area contributed by atoms with E-state index < -0.39 is 27.8 Å². The molecule has 0 spiro atoms. The Morgan fingerprint density at radius 3 is 2.50 bits per heavy atom. The Balaban J connectivity index is 1.62. The maximum Gasteiger partial charge on any atom is 0.354 e. The van der Waals surface area contributed by atoms with E-state index in [4.69, 9.17) is 4.74 Å². The zero-order valence-electron chi connectivity index (χ0n) is 15.3. The molecule has 0 N–H and O–H groups in total. The van der Waals surface area contributed by atoms with Crippen LogP contribution in [0.2, 0.25) is 0 Å². The van der Waals surface area contributed by atoms with Crippen molar-refractivity contribution in [1.82, 2.24) is 5.01 Å². The van der Waals surface area contributed by atoms with Crippen molar-refractivity contribution in [3.63, 3.8) is 0 Å². The van der Waals surface area contributed by atoms with E-state index in [0.717, 1.165) is 5.01 Å². The summed E-state index contributed by atoms with van der Waals surface area (Å²) in [6, 6.07) is 5.87. The Labute approximate surface area is 162 Å². The predicted octanol–water partition coefficient (Wildman–Crippen LogP) is 0.682. The first-order valence-corrected chi connectivity index (χ1v) is 10.6. The van der Waals surface area contributed by atoms with Crippen LogP contribution in [-0.2, 0) is 35.5 Å². The number of methoxy groups -OCH3 is 1. The summed E-state index contributed by atoms with van der Waals surface area (Å²) in [6.07, 6.45) is 0.541. The summed E-state index contributed by atoms with van der Waals surface area (Å²) in [4.78, 5) is 35.8. The average molecular weight is 408 g/mol. The van der Waals surface area contributed by atoms with Crippen molar-refractivity contribution < 1.29 is 32.3 Å². The summed E-state index contributed by atoms with van der Waals surface area (Å²) in [6.45, 7) is -0.0228. The van der Waals surface area contributed by atoms with Gasteiger partial charge in [0.15, 0.2) is 9.84 Å². The first kappa shape index (κ1) is 20.0. The van der Waals surface area contributed by atoms with Crippen molar-refractivity contribution in [3.8, 4) is 0 Å². The predicted molar refractivity (Wildman–Crippen MR) is 98.2 cm³/mol. The molecular weight excluding hydrogens is 388 g/mol. The van der Waals surface area contributed by atoms with Crippen molar-refractivity contribution in [1.29, 1.82) is 0 Å². The number of carbonyl (C=O) groups is 3. The third kappa shape index (κ3) is 4.56. The number of hydrazone groups is 1. The quantitative estimate of drug-likeness (QED) is 0.657. The van der Waals surface area contributed by atoms with Crippen molar-refractivity contribution in [2.45, 2.75) is 31.9 Å². The molecule has 0 aromatic heterocycles. The summed E-state index contributed by atoms with van der Waals surface area (Å²) in [7, 11) is -1.89.